The first-order valence-corrected chi connectivity index (χ1v) is 13.2. The van der Waals surface area contributed by atoms with Crippen molar-refractivity contribution >= 4 is 45.8 Å². The van der Waals surface area contributed by atoms with E-state index in [1.54, 1.807) is 7.11 Å². The summed E-state index contributed by atoms with van der Waals surface area (Å²) in [4.78, 5) is 22.9. The number of amides is 1. The fraction of sp³-hybridized carbons (Fsp3) is 0.538. The Hall–Kier alpha value is -2.03. The molecule has 0 unspecified atom stereocenters. The third kappa shape index (κ3) is 4.17. The van der Waals surface area contributed by atoms with Crippen molar-refractivity contribution in [2.75, 3.05) is 48.4 Å². The molecule has 1 amide bonds. The van der Waals surface area contributed by atoms with Crippen molar-refractivity contribution in [3.8, 4) is 5.75 Å². The number of halogens is 1. The van der Waals surface area contributed by atoms with Crippen molar-refractivity contribution in [1.29, 1.82) is 0 Å². The zero-order valence-corrected chi connectivity index (χ0v) is 21.4. The van der Waals surface area contributed by atoms with Crippen LogP contribution in [0.15, 0.2) is 30.3 Å². The topological polar surface area (TPSA) is 57.7 Å². The van der Waals surface area contributed by atoms with E-state index >= 15 is 0 Å². The van der Waals surface area contributed by atoms with Crippen LogP contribution in [-0.2, 0) is 0 Å². The van der Waals surface area contributed by atoms with Crippen LogP contribution in [0.5, 0.6) is 5.75 Å². The number of methoxy groups -OCH3 is 1. The lowest BCUT2D eigenvalue weighted by Gasteiger charge is -2.35. The van der Waals surface area contributed by atoms with Crippen molar-refractivity contribution in [1.82, 2.24) is 4.98 Å². The maximum atomic E-state index is 13.4. The Bertz CT molecular complexity index is 1090. The van der Waals surface area contributed by atoms with Gasteiger partial charge in [0.1, 0.15) is 5.82 Å². The first-order chi connectivity index (χ1) is 16.0. The van der Waals surface area contributed by atoms with Crippen LogP contribution in [0, 0.1) is 14.4 Å². The second-order valence-electron chi connectivity index (χ2n) is 10.5. The summed E-state index contributed by atoms with van der Waals surface area (Å²) in [5.41, 5.74) is 2.87. The number of anilines is 3. The Morgan fingerprint density at radius 2 is 1.67 bits per heavy atom. The van der Waals surface area contributed by atoms with Gasteiger partial charge in [-0.3, -0.25) is 4.79 Å². The third-order valence-corrected chi connectivity index (χ3v) is 8.99. The molecule has 2 aromatic rings. The van der Waals surface area contributed by atoms with E-state index in [-0.39, 0.29) is 5.91 Å². The van der Waals surface area contributed by atoms with Gasteiger partial charge in [0.05, 0.1) is 18.4 Å². The van der Waals surface area contributed by atoms with Crippen molar-refractivity contribution in [2.24, 2.45) is 10.8 Å². The summed E-state index contributed by atoms with van der Waals surface area (Å²) < 4.78 is 6.75. The molecule has 1 aromatic heterocycles. The van der Waals surface area contributed by atoms with E-state index in [9.17, 15) is 4.79 Å². The number of ether oxygens (including phenoxy) is 1. The lowest BCUT2D eigenvalue weighted by Crippen LogP contribution is -2.35. The van der Waals surface area contributed by atoms with E-state index < -0.39 is 0 Å². The molecule has 6 rings (SSSR count). The minimum Gasteiger partial charge on any atom is -0.493 e. The summed E-state index contributed by atoms with van der Waals surface area (Å²) in [6.07, 6.45) is 9.08. The van der Waals surface area contributed by atoms with Gasteiger partial charge in [0.2, 0.25) is 0 Å². The molecule has 2 aliphatic carbocycles. The molecule has 2 saturated carbocycles. The number of rotatable bonds is 5. The summed E-state index contributed by atoms with van der Waals surface area (Å²) in [5, 5.41) is 3.08. The summed E-state index contributed by atoms with van der Waals surface area (Å²) in [6, 6.07) is 9.87. The highest BCUT2D eigenvalue weighted by atomic mass is 127. The lowest BCUT2D eigenvalue weighted by molar-refractivity contribution is 0.102. The van der Waals surface area contributed by atoms with Crippen LogP contribution >= 0.6 is 22.6 Å². The second kappa shape index (κ2) is 8.03. The van der Waals surface area contributed by atoms with Crippen LogP contribution in [0.3, 0.4) is 0 Å². The van der Waals surface area contributed by atoms with E-state index in [4.69, 9.17) is 9.72 Å². The Kier molecular flexibility index (Phi) is 5.23. The van der Waals surface area contributed by atoms with Gasteiger partial charge in [0.15, 0.2) is 11.6 Å². The van der Waals surface area contributed by atoms with Gasteiger partial charge in [0.25, 0.3) is 5.91 Å². The average Bonchev–Trinajstić information content (AvgIpc) is 3.72. The Labute approximate surface area is 209 Å². The molecule has 6 nitrogen and oxygen atoms in total. The normalized spacial score (nSPS) is 22.0. The van der Waals surface area contributed by atoms with E-state index in [1.807, 2.05) is 24.3 Å². The van der Waals surface area contributed by atoms with Crippen LogP contribution in [0.4, 0.5) is 17.3 Å². The van der Waals surface area contributed by atoms with Crippen LogP contribution < -0.4 is 19.9 Å². The highest BCUT2D eigenvalue weighted by Crippen LogP contribution is 2.55. The molecule has 0 atom stereocenters. The minimum absolute atomic E-state index is 0.100. The summed E-state index contributed by atoms with van der Waals surface area (Å²) in [6.45, 7) is 4.09. The van der Waals surface area contributed by atoms with Crippen LogP contribution in [0.25, 0.3) is 0 Å². The number of hydrogen-bond donors (Lipinski definition) is 1. The van der Waals surface area contributed by atoms with Gasteiger partial charge in [-0.2, -0.15) is 0 Å². The number of carbonyl (C=O) groups is 1. The molecule has 0 radical (unpaired) electrons. The summed E-state index contributed by atoms with van der Waals surface area (Å²) >= 11 is 2.34. The van der Waals surface area contributed by atoms with Crippen molar-refractivity contribution < 1.29 is 9.53 Å². The predicted molar refractivity (Wildman–Crippen MR) is 140 cm³/mol. The third-order valence-electron chi connectivity index (χ3n) is 8.32. The van der Waals surface area contributed by atoms with E-state index in [1.165, 1.54) is 44.9 Å². The van der Waals surface area contributed by atoms with Gasteiger partial charge in [-0.25, -0.2) is 4.98 Å². The molecule has 3 heterocycles. The van der Waals surface area contributed by atoms with E-state index in [0.29, 0.717) is 16.6 Å². The van der Waals surface area contributed by atoms with Crippen LogP contribution in [0.2, 0.25) is 0 Å². The molecule has 1 N–H and O–H groups in total. The summed E-state index contributed by atoms with van der Waals surface area (Å²) in [5.74, 6) is 2.08. The van der Waals surface area contributed by atoms with Crippen molar-refractivity contribution in [3.05, 3.63) is 39.5 Å². The molecule has 2 spiro atoms. The standard InChI is InChI=1S/C26H31IN4O2/c1-33-21-4-5-22(28-23(21)31-15-12-26(17-31)8-9-26)29-24(32)19-3-2-18(27)16-20(19)30-13-10-25(6-7-25)11-14-30/h2-5,16H,6-15,17H2,1H3,(H,28,29,32). The van der Waals surface area contributed by atoms with Gasteiger partial charge >= 0.3 is 0 Å². The van der Waals surface area contributed by atoms with Crippen LogP contribution in [-0.4, -0.2) is 44.2 Å². The number of pyridine rings is 1. The largest absolute Gasteiger partial charge is 0.493 e. The molecule has 1 aromatic carbocycles. The number of nitrogens with one attached hydrogen (secondary N) is 1. The molecule has 7 heteroatoms. The lowest BCUT2D eigenvalue weighted by atomic mass is 9.93. The second-order valence-corrected chi connectivity index (χ2v) is 11.7. The number of nitrogens with zero attached hydrogens (tertiary/aromatic N) is 3. The Morgan fingerprint density at radius 3 is 2.33 bits per heavy atom. The molecule has 33 heavy (non-hydrogen) atoms. The Morgan fingerprint density at radius 1 is 0.970 bits per heavy atom. The maximum absolute atomic E-state index is 13.4. The number of benzene rings is 1. The monoisotopic (exact) mass is 558 g/mol. The summed E-state index contributed by atoms with van der Waals surface area (Å²) in [7, 11) is 1.68. The zero-order chi connectivity index (χ0) is 22.6. The van der Waals surface area contributed by atoms with Gasteiger partial charge in [-0.1, -0.05) is 0 Å². The highest BCUT2D eigenvalue weighted by molar-refractivity contribution is 14.1. The molecule has 2 aliphatic heterocycles. The maximum Gasteiger partial charge on any atom is 0.258 e. The molecule has 4 fully saturated rings. The van der Waals surface area contributed by atoms with Crippen LogP contribution in [0.1, 0.15) is 55.3 Å². The van der Waals surface area contributed by atoms with Gasteiger partial charge < -0.3 is 19.9 Å². The van der Waals surface area contributed by atoms with E-state index in [2.05, 4.69) is 43.8 Å². The molecular formula is C26H31IN4O2. The number of aromatic nitrogens is 1. The first kappa shape index (κ1) is 21.5. The molecule has 174 valence electrons. The fourth-order valence-electron chi connectivity index (χ4n) is 5.63. The smallest absolute Gasteiger partial charge is 0.258 e. The van der Waals surface area contributed by atoms with Gasteiger partial charge in [0, 0.05) is 29.7 Å². The predicted octanol–water partition coefficient (Wildman–Crippen LogP) is 5.32. The van der Waals surface area contributed by atoms with Gasteiger partial charge in [-0.05, 0) is 109 Å². The average molecular weight is 558 g/mol. The quantitative estimate of drug-likeness (QED) is 0.504. The SMILES string of the molecule is COc1ccc(NC(=O)c2ccc(I)cc2N2CCC3(CC2)CC3)nc1N1CCC2(CC2)C1. The Balaban J connectivity index is 1.23. The fourth-order valence-corrected chi connectivity index (χ4v) is 6.11. The molecule has 2 saturated heterocycles. The highest BCUT2D eigenvalue weighted by Gasteiger charge is 2.48. The zero-order valence-electron chi connectivity index (χ0n) is 19.2. The molecular weight excluding hydrogens is 527 g/mol. The van der Waals surface area contributed by atoms with Crippen molar-refractivity contribution in [2.45, 2.75) is 44.9 Å². The van der Waals surface area contributed by atoms with Crippen molar-refractivity contribution in [3.63, 3.8) is 0 Å². The first-order valence-electron chi connectivity index (χ1n) is 12.1. The number of hydrogen-bond acceptors (Lipinski definition) is 5. The minimum atomic E-state index is -0.100. The van der Waals surface area contributed by atoms with Gasteiger partial charge in [-0.15, -0.1) is 0 Å². The number of carbonyl (C=O) groups excluding carboxylic acids is 1. The molecule has 0 bridgehead atoms. The number of piperidine rings is 1. The van der Waals surface area contributed by atoms with E-state index in [0.717, 1.165) is 52.6 Å². The molecule has 4 aliphatic rings.